The molecule has 1 atom stereocenters. The van der Waals surface area contributed by atoms with Crippen molar-refractivity contribution in [3.05, 3.63) is 22.4 Å². The summed E-state index contributed by atoms with van der Waals surface area (Å²) in [6.45, 7) is 0.530. The highest BCUT2D eigenvalue weighted by Gasteiger charge is 2.27. The summed E-state index contributed by atoms with van der Waals surface area (Å²) in [7, 11) is 0. The second kappa shape index (κ2) is 4.17. The predicted molar refractivity (Wildman–Crippen MR) is 55.7 cm³/mol. The largest absolute Gasteiger partial charge is 0.458 e. The zero-order chi connectivity index (χ0) is 9.97. The van der Waals surface area contributed by atoms with Crippen LogP contribution in [-0.4, -0.2) is 11.5 Å². The fraction of sp³-hybridized carbons (Fsp3) is 0.500. The molecule has 4 heteroatoms. The number of hydrogen-bond donors (Lipinski definition) is 1. The third-order valence-corrected chi connectivity index (χ3v) is 2.95. The van der Waals surface area contributed by atoms with E-state index in [-0.39, 0.29) is 6.10 Å². The average Bonchev–Trinajstić information content (AvgIpc) is 2.87. The van der Waals surface area contributed by atoms with Crippen LogP contribution in [0.3, 0.4) is 0 Å². The third-order valence-electron chi connectivity index (χ3n) is 2.48. The van der Waals surface area contributed by atoms with Gasteiger partial charge in [-0.25, -0.2) is 0 Å². The van der Waals surface area contributed by atoms with E-state index in [4.69, 9.17) is 4.74 Å². The molecule has 1 aromatic rings. The van der Waals surface area contributed by atoms with E-state index in [1.165, 1.54) is 12.8 Å². The van der Waals surface area contributed by atoms with Crippen molar-refractivity contribution in [2.24, 2.45) is 5.92 Å². The van der Waals surface area contributed by atoms with Crippen molar-refractivity contribution >= 4 is 22.4 Å². The molecule has 0 saturated heterocycles. The first-order chi connectivity index (χ1) is 6.79. The summed E-state index contributed by atoms with van der Waals surface area (Å²) in [6, 6.07) is 3.87. The Morgan fingerprint density at radius 2 is 2.43 bits per heavy atom. The van der Waals surface area contributed by atoms with Gasteiger partial charge in [0, 0.05) is 0 Å². The van der Waals surface area contributed by atoms with Crippen LogP contribution in [0.4, 0.5) is 0 Å². The Balaban J connectivity index is 2.03. The lowest BCUT2D eigenvalue weighted by atomic mass is 10.1. The minimum absolute atomic E-state index is 0.105. The molecular weight excluding hydrogens is 246 g/mol. The van der Waals surface area contributed by atoms with Crippen LogP contribution in [0.1, 0.15) is 31.1 Å². The Labute approximate surface area is 91.0 Å². The molecule has 0 spiro atoms. The maximum absolute atomic E-state index is 10.3. The number of aromatic nitrogens is 1. The summed E-state index contributed by atoms with van der Waals surface area (Å²) in [4.78, 5) is 13.5. The molecule has 14 heavy (non-hydrogen) atoms. The Morgan fingerprint density at radius 3 is 2.93 bits per heavy atom. The number of aromatic amines is 1. The Hall–Kier alpha value is -0.770. The first-order valence-corrected chi connectivity index (χ1v) is 5.52. The van der Waals surface area contributed by atoms with Crippen molar-refractivity contribution in [1.82, 2.24) is 4.98 Å². The van der Waals surface area contributed by atoms with Crippen molar-refractivity contribution < 1.29 is 9.53 Å². The van der Waals surface area contributed by atoms with Crippen molar-refractivity contribution in [2.45, 2.75) is 25.4 Å². The van der Waals surface area contributed by atoms with Gasteiger partial charge >= 0.3 is 0 Å². The highest BCUT2D eigenvalue weighted by atomic mass is 79.9. The van der Waals surface area contributed by atoms with Gasteiger partial charge in [0.25, 0.3) is 6.47 Å². The third kappa shape index (κ3) is 2.38. The van der Waals surface area contributed by atoms with E-state index in [1.54, 1.807) is 0 Å². The summed E-state index contributed by atoms with van der Waals surface area (Å²) in [5.74, 6) is 0.738. The molecule has 3 nitrogen and oxygen atoms in total. The molecule has 1 saturated carbocycles. The Kier molecular flexibility index (Phi) is 2.91. The minimum Gasteiger partial charge on any atom is -0.458 e. The molecule has 1 unspecified atom stereocenters. The highest BCUT2D eigenvalue weighted by Crippen LogP contribution is 2.38. The van der Waals surface area contributed by atoms with E-state index in [2.05, 4.69) is 20.9 Å². The van der Waals surface area contributed by atoms with Crippen LogP contribution in [-0.2, 0) is 9.53 Å². The van der Waals surface area contributed by atoms with Gasteiger partial charge in [0.2, 0.25) is 0 Å². The number of nitrogens with one attached hydrogen (secondary N) is 1. The summed E-state index contributed by atoms with van der Waals surface area (Å²) in [5, 5.41) is 0. The maximum atomic E-state index is 10.3. The lowest BCUT2D eigenvalue weighted by Gasteiger charge is -2.12. The highest BCUT2D eigenvalue weighted by molar-refractivity contribution is 9.10. The molecule has 0 amide bonds. The molecular formula is C10H12BrNO2. The van der Waals surface area contributed by atoms with E-state index in [0.717, 1.165) is 22.6 Å². The Morgan fingerprint density at radius 1 is 1.64 bits per heavy atom. The summed E-state index contributed by atoms with van der Waals surface area (Å²) >= 11 is 3.33. The molecule has 76 valence electrons. The van der Waals surface area contributed by atoms with Crippen LogP contribution in [0.25, 0.3) is 0 Å². The second-order valence-electron chi connectivity index (χ2n) is 3.66. The van der Waals surface area contributed by atoms with Crippen molar-refractivity contribution in [3.63, 3.8) is 0 Å². The number of carbonyl (C=O) groups excluding carboxylic acids is 1. The minimum atomic E-state index is -0.105. The fourth-order valence-corrected chi connectivity index (χ4v) is 1.91. The monoisotopic (exact) mass is 257 g/mol. The standard InChI is InChI=1S/C10H12BrNO2/c11-10-4-3-8(12-10)9(14-6-13)5-7-1-2-7/h3-4,6-7,9,12H,1-2,5H2. The average molecular weight is 258 g/mol. The number of halogens is 1. The maximum Gasteiger partial charge on any atom is 0.293 e. The van der Waals surface area contributed by atoms with E-state index in [1.807, 2.05) is 12.1 Å². The van der Waals surface area contributed by atoms with E-state index < -0.39 is 0 Å². The van der Waals surface area contributed by atoms with Crippen molar-refractivity contribution in [3.8, 4) is 0 Å². The molecule has 0 radical (unpaired) electrons. The molecule has 1 aliphatic carbocycles. The molecule has 0 aromatic carbocycles. The second-order valence-corrected chi connectivity index (χ2v) is 4.52. The number of ether oxygens (including phenoxy) is 1. The first-order valence-electron chi connectivity index (χ1n) is 4.73. The van der Waals surface area contributed by atoms with Gasteiger partial charge in [-0.1, -0.05) is 12.8 Å². The smallest absolute Gasteiger partial charge is 0.293 e. The quantitative estimate of drug-likeness (QED) is 0.825. The van der Waals surface area contributed by atoms with Gasteiger partial charge < -0.3 is 9.72 Å². The number of rotatable bonds is 5. The molecule has 1 N–H and O–H groups in total. The van der Waals surface area contributed by atoms with Gasteiger partial charge in [-0.2, -0.15) is 0 Å². The van der Waals surface area contributed by atoms with Gasteiger partial charge in [0.15, 0.2) is 0 Å². The van der Waals surface area contributed by atoms with Gasteiger partial charge in [-0.15, -0.1) is 0 Å². The zero-order valence-corrected chi connectivity index (χ0v) is 9.29. The van der Waals surface area contributed by atoms with Crippen LogP contribution in [0, 0.1) is 5.92 Å². The van der Waals surface area contributed by atoms with Gasteiger partial charge in [-0.05, 0) is 40.4 Å². The Bertz CT molecular complexity index is 320. The van der Waals surface area contributed by atoms with E-state index in [9.17, 15) is 4.79 Å². The summed E-state index contributed by atoms with van der Waals surface area (Å²) in [6.07, 6.45) is 3.36. The SMILES string of the molecule is O=COC(CC1CC1)c1ccc(Br)[nH]1. The summed E-state index contributed by atoms with van der Waals surface area (Å²) < 4.78 is 5.98. The van der Waals surface area contributed by atoms with Crippen LogP contribution >= 0.6 is 15.9 Å². The molecule has 2 rings (SSSR count). The normalized spacial score (nSPS) is 17.8. The lowest BCUT2D eigenvalue weighted by Crippen LogP contribution is -2.04. The zero-order valence-electron chi connectivity index (χ0n) is 7.70. The van der Waals surface area contributed by atoms with Gasteiger partial charge in [0.1, 0.15) is 6.10 Å². The van der Waals surface area contributed by atoms with E-state index in [0.29, 0.717) is 6.47 Å². The van der Waals surface area contributed by atoms with Crippen molar-refractivity contribution in [2.75, 3.05) is 0 Å². The van der Waals surface area contributed by atoms with Crippen molar-refractivity contribution in [1.29, 1.82) is 0 Å². The predicted octanol–water partition coefficient (Wildman–Crippen LogP) is 2.79. The van der Waals surface area contributed by atoms with Crippen LogP contribution in [0.2, 0.25) is 0 Å². The van der Waals surface area contributed by atoms with E-state index >= 15 is 0 Å². The first kappa shape index (κ1) is 9.77. The van der Waals surface area contributed by atoms with Gasteiger partial charge in [0.05, 0.1) is 10.3 Å². The number of carbonyl (C=O) groups is 1. The summed E-state index contributed by atoms with van der Waals surface area (Å²) in [5.41, 5.74) is 0.968. The molecule has 1 heterocycles. The number of H-pyrrole nitrogens is 1. The van der Waals surface area contributed by atoms with Crippen LogP contribution in [0.5, 0.6) is 0 Å². The van der Waals surface area contributed by atoms with Crippen LogP contribution in [0.15, 0.2) is 16.7 Å². The van der Waals surface area contributed by atoms with Gasteiger partial charge in [-0.3, -0.25) is 4.79 Å². The fourth-order valence-electron chi connectivity index (χ4n) is 1.55. The molecule has 1 fully saturated rings. The number of hydrogen-bond acceptors (Lipinski definition) is 2. The lowest BCUT2D eigenvalue weighted by molar-refractivity contribution is -0.134. The molecule has 0 bridgehead atoms. The molecule has 1 aromatic heterocycles. The topological polar surface area (TPSA) is 42.1 Å². The molecule has 0 aliphatic heterocycles. The molecule has 1 aliphatic rings. The van der Waals surface area contributed by atoms with Crippen LogP contribution < -0.4 is 0 Å².